The SMILES string of the molecule is Cc1cc(N2CC(=O)NC(C)C2=O)ccc1F. The first-order valence-electron chi connectivity index (χ1n) is 5.36. The Morgan fingerprint density at radius 1 is 1.41 bits per heavy atom. The van der Waals surface area contributed by atoms with Crippen LogP contribution >= 0.6 is 0 Å². The Balaban J connectivity index is 2.34. The maximum Gasteiger partial charge on any atom is 0.249 e. The van der Waals surface area contributed by atoms with Crippen molar-refractivity contribution < 1.29 is 14.0 Å². The number of amides is 2. The average Bonchev–Trinajstić information content (AvgIpc) is 2.27. The summed E-state index contributed by atoms with van der Waals surface area (Å²) in [5.74, 6) is -0.717. The number of carbonyl (C=O) groups is 2. The van der Waals surface area contributed by atoms with E-state index in [1.54, 1.807) is 19.9 Å². The molecule has 0 bridgehead atoms. The molecule has 90 valence electrons. The van der Waals surface area contributed by atoms with Crippen molar-refractivity contribution in [1.29, 1.82) is 0 Å². The molecule has 4 nitrogen and oxygen atoms in total. The summed E-state index contributed by atoms with van der Waals surface area (Å²) in [6.07, 6.45) is 0. The van der Waals surface area contributed by atoms with E-state index in [0.29, 0.717) is 11.3 Å². The number of piperazine rings is 1. The van der Waals surface area contributed by atoms with Gasteiger partial charge in [0, 0.05) is 5.69 Å². The predicted molar refractivity (Wildman–Crippen MR) is 61.1 cm³/mol. The number of carbonyl (C=O) groups excluding carboxylic acids is 2. The molecule has 0 aromatic heterocycles. The Hall–Kier alpha value is -1.91. The molecule has 1 heterocycles. The summed E-state index contributed by atoms with van der Waals surface area (Å²) in [6.45, 7) is 3.23. The Bertz CT molecular complexity index is 487. The summed E-state index contributed by atoms with van der Waals surface area (Å²) in [7, 11) is 0. The van der Waals surface area contributed by atoms with Crippen molar-refractivity contribution in [3.05, 3.63) is 29.6 Å². The maximum absolute atomic E-state index is 13.1. The molecule has 1 aliphatic heterocycles. The molecule has 1 unspecified atom stereocenters. The normalized spacial score (nSPS) is 20.4. The largest absolute Gasteiger partial charge is 0.343 e. The zero-order chi connectivity index (χ0) is 12.6. The van der Waals surface area contributed by atoms with Gasteiger partial charge in [-0.1, -0.05) is 0 Å². The maximum atomic E-state index is 13.1. The monoisotopic (exact) mass is 236 g/mol. The standard InChI is InChI=1S/C12H13FN2O2/c1-7-5-9(3-4-10(7)13)15-6-11(16)14-8(2)12(15)17/h3-5,8H,6H2,1-2H3,(H,14,16). The number of hydrogen-bond acceptors (Lipinski definition) is 2. The van der Waals surface area contributed by atoms with Gasteiger partial charge in [0.25, 0.3) is 0 Å². The van der Waals surface area contributed by atoms with E-state index in [0.717, 1.165) is 0 Å². The molecule has 2 rings (SSSR count). The van der Waals surface area contributed by atoms with Crippen LogP contribution in [-0.2, 0) is 9.59 Å². The molecule has 1 saturated heterocycles. The summed E-state index contributed by atoms with van der Waals surface area (Å²) in [5.41, 5.74) is 1.00. The number of halogens is 1. The highest BCUT2D eigenvalue weighted by atomic mass is 19.1. The Kier molecular flexibility index (Phi) is 2.83. The topological polar surface area (TPSA) is 49.4 Å². The third-order valence-corrected chi connectivity index (χ3v) is 2.77. The first-order chi connectivity index (χ1) is 7.99. The van der Waals surface area contributed by atoms with Gasteiger partial charge in [0.2, 0.25) is 11.8 Å². The highest BCUT2D eigenvalue weighted by Crippen LogP contribution is 2.20. The summed E-state index contributed by atoms with van der Waals surface area (Å²) in [4.78, 5) is 24.6. The lowest BCUT2D eigenvalue weighted by Crippen LogP contribution is -2.57. The highest BCUT2D eigenvalue weighted by Gasteiger charge is 2.30. The molecule has 1 aromatic rings. The van der Waals surface area contributed by atoms with E-state index in [2.05, 4.69) is 5.32 Å². The predicted octanol–water partition coefficient (Wildman–Crippen LogP) is 0.985. The minimum absolute atomic E-state index is 0.0196. The fourth-order valence-electron chi connectivity index (χ4n) is 1.82. The Labute approximate surface area is 98.4 Å². The minimum atomic E-state index is -0.540. The fraction of sp³-hybridized carbons (Fsp3) is 0.333. The van der Waals surface area contributed by atoms with Crippen LogP contribution in [0, 0.1) is 12.7 Å². The summed E-state index contributed by atoms with van der Waals surface area (Å²) in [6, 6.07) is 3.83. The van der Waals surface area contributed by atoms with Gasteiger partial charge < -0.3 is 10.2 Å². The summed E-state index contributed by atoms with van der Waals surface area (Å²) in [5, 5.41) is 2.55. The number of nitrogens with zero attached hydrogens (tertiary/aromatic N) is 1. The molecular weight excluding hydrogens is 223 g/mol. The van der Waals surface area contributed by atoms with Gasteiger partial charge in [0.05, 0.1) is 0 Å². The summed E-state index contributed by atoms with van der Waals surface area (Å²) >= 11 is 0. The molecule has 2 amide bonds. The third-order valence-electron chi connectivity index (χ3n) is 2.77. The average molecular weight is 236 g/mol. The van der Waals surface area contributed by atoms with Crippen molar-refractivity contribution in [2.75, 3.05) is 11.4 Å². The molecule has 1 aromatic carbocycles. The number of hydrogen-bond donors (Lipinski definition) is 1. The van der Waals surface area contributed by atoms with Crippen LogP contribution in [0.2, 0.25) is 0 Å². The van der Waals surface area contributed by atoms with Crippen molar-refractivity contribution in [3.63, 3.8) is 0 Å². The van der Waals surface area contributed by atoms with Crippen LogP contribution in [-0.4, -0.2) is 24.4 Å². The number of nitrogens with one attached hydrogen (secondary N) is 1. The van der Waals surface area contributed by atoms with Crippen molar-refractivity contribution in [2.45, 2.75) is 19.9 Å². The summed E-state index contributed by atoms with van der Waals surface area (Å²) < 4.78 is 13.1. The quantitative estimate of drug-likeness (QED) is 0.790. The van der Waals surface area contributed by atoms with E-state index in [1.807, 2.05) is 0 Å². The number of rotatable bonds is 1. The first-order valence-corrected chi connectivity index (χ1v) is 5.36. The highest BCUT2D eigenvalue weighted by molar-refractivity contribution is 6.06. The molecule has 1 N–H and O–H groups in total. The molecule has 17 heavy (non-hydrogen) atoms. The number of anilines is 1. The van der Waals surface area contributed by atoms with E-state index in [1.165, 1.54) is 17.0 Å². The number of aryl methyl sites for hydroxylation is 1. The molecule has 1 aliphatic rings. The van der Waals surface area contributed by atoms with Crippen LogP contribution in [0.4, 0.5) is 10.1 Å². The number of benzene rings is 1. The zero-order valence-electron chi connectivity index (χ0n) is 9.66. The lowest BCUT2D eigenvalue weighted by atomic mass is 10.1. The van der Waals surface area contributed by atoms with Gasteiger partial charge >= 0.3 is 0 Å². The van der Waals surface area contributed by atoms with E-state index in [4.69, 9.17) is 0 Å². The second-order valence-electron chi connectivity index (χ2n) is 4.15. The Morgan fingerprint density at radius 2 is 2.12 bits per heavy atom. The van der Waals surface area contributed by atoms with Gasteiger partial charge in [-0.05, 0) is 37.6 Å². The molecule has 0 spiro atoms. The molecule has 1 atom stereocenters. The molecule has 0 saturated carbocycles. The van der Waals surface area contributed by atoms with Crippen molar-refractivity contribution in [1.82, 2.24) is 5.32 Å². The van der Waals surface area contributed by atoms with Crippen LogP contribution < -0.4 is 10.2 Å². The van der Waals surface area contributed by atoms with Crippen molar-refractivity contribution in [3.8, 4) is 0 Å². The molecular formula is C12H13FN2O2. The third kappa shape index (κ3) is 2.13. The van der Waals surface area contributed by atoms with E-state index >= 15 is 0 Å². The minimum Gasteiger partial charge on any atom is -0.343 e. The van der Waals surface area contributed by atoms with Gasteiger partial charge in [-0.3, -0.25) is 9.59 Å². The van der Waals surface area contributed by atoms with E-state index < -0.39 is 6.04 Å². The lowest BCUT2D eigenvalue weighted by molar-refractivity contribution is -0.130. The van der Waals surface area contributed by atoms with Crippen LogP contribution in [0.25, 0.3) is 0 Å². The van der Waals surface area contributed by atoms with Crippen LogP contribution in [0.5, 0.6) is 0 Å². The van der Waals surface area contributed by atoms with Gasteiger partial charge in [-0.15, -0.1) is 0 Å². The van der Waals surface area contributed by atoms with Crippen molar-refractivity contribution in [2.24, 2.45) is 0 Å². The van der Waals surface area contributed by atoms with Crippen LogP contribution in [0.3, 0.4) is 0 Å². The van der Waals surface area contributed by atoms with Crippen molar-refractivity contribution >= 4 is 17.5 Å². The smallest absolute Gasteiger partial charge is 0.249 e. The molecule has 0 radical (unpaired) electrons. The van der Waals surface area contributed by atoms with Gasteiger partial charge in [0.1, 0.15) is 18.4 Å². The van der Waals surface area contributed by atoms with E-state index in [-0.39, 0.29) is 24.2 Å². The van der Waals surface area contributed by atoms with Crippen LogP contribution in [0.1, 0.15) is 12.5 Å². The zero-order valence-corrected chi connectivity index (χ0v) is 9.66. The fourth-order valence-corrected chi connectivity index (χ4v) is 1.82. The van der Waals surface area contributed by atoms with Gasteiger partial charge in [0.15, 0.2) is 0 Å². The Morgan fingerprint density at radius 3 is 2.76 bits per heavy atom. The lowest BCUT2D eigenvalue weighted by Gasteiger charge is -2.31. The van der Waals surface area contributed by atoms with Gasteiger partial charge in [-0.25, -0.2) is 4.39 Å². The second-order valence-corrected chi connectivity index (χ2v) is 4.15. The molecule has 1 fully saturated rings. The van der Waals surface area contributed by atoms with Crippen LogP contribution in [0.15, 0.2) is 18.2 Å². The molecule has 0 aliphatic carbocycles. The van der Waals surface area contributed by atoms with Gasteiger partial charge in [-0.2, -0.15) is 0 Å². The molecule has 5 heteroatoms. The second kappa shape index (κ2) is 4.16. The van der Waals surface area contributed by atoms with E-state index in [9.17, 15) is 14.0 Å². The first kappa shape index (κ1) is 11.6.